The summed E-state index contributed by atoms with van der Waals surface area (Å²) in [6, 6.07) is 4.03. The van der Waals surface area contributed by atoms with E-state index in [1.54, 1.807) is 11.3 Å². The Morgan fingerprint density at radius 3 is 3.20 bits per heavy atom. The first-order chi connectivity index (χ1) is 7.36. The van der Waals surface area contributed by atoms with E-state index < -0.39 is 0 Å². The van der Waals surface area contributed by atoms with Crippen molar-refractivity contribution < 1.29 is 9.53 Å². The Morgan fingerprint density at radius 1 is 1.47 bits per heavy atom. The summed E-state index contributed by atoms with van der Waals surface area (Å²) < 4.78 is 5.63. The van der Waals surface area contributed by atoms with E-state index in [4.69, 9.17) is 4.74 Å². The second kappa shape index (κ2) is 3.58. The Morgan fingerprint density at radius 2 is 2.40 bits per heavy atom. The molecule has 15 heavy (non-hydrogen) atoms. The van der Waals surface area contributed by atoms with E-state index in [-0.39, 0.29) is 11.9 Å². The van der Waals surface area contributed by atoms with Gasteiger partial charge >= 0.3 is 0 Å². The predicted octanol–water partition coefficient (Wildman–Crippen LogP) is 2.65. The predicted molar refractivity (Wildman–Crippen MR) is 59.8 cm³/mol. The number of carbonyl (C=O) groups excluding carboxylic acids is 1. The molecule has 1 unspecified atom stereocenters. The lowest BCUT2D eigenvalue weighted by atomic mass is 10.0. The van der Waals surface area contributed by atoms with Crippen molar-refractivity contribution in [2.45, 2.75) is 25.4 Å². The normalized spacial score (nSPS) is 25.9. The highest BCUT2D eigenvalue weighted by atomic mass is 32.1. The monoisotopic (exact) mass is 220 g/mol. The third-order valence-electron chi connectivity index (χ3n) is 3.04. The first-order valence-corrected chi connectivity index (χ1v) is 6.16. The number of carbonyl (C=O) groups is 1. The molecule has 0 bridgehead atoms. The quantitative estimate of drug-likeness (QED) is 0.727. The molecule has 1 aliphatic heterocycles. The van der Waals surface area contributed by atoms with Crippen molar-refractivity contribution in [1.82, 2.24) is 0 Å². The van der Waals surface area contributed by atoms with Gasteiger partial charge in [0.1, 0.15) is 0 Å². The number of hydrogen-bond acceptors (Lipinski definition) is 3. The van der Waals surface area contributed by atoms with E-state index >= 15 is 0 Å². The van der Waals surface area contributed by atoms with Crippen molar-refractivity contribution >= 4 is 22.7 Å². The fourth-order valence-corrected chi connectivity index (χ4v) is 3.21. The zero-order valence-corrected chi connectivity index (χ0v) is 9.18. The topological polar surface area (TPSA) is 26.3 Å². The van der Waals surface area contributed by atoms with Gasteiger partial charge in [0.25, 0.3) is 0 Å². The molecule has 0 aromatic carbocycles. The van der Waals surface area contributed by atoms with E-state index in [9.17, 15) is 4.79 Å². The number of ketones is 1. The van der Waals surface area contributed by atoms with E-state index in [1.165, 1.54) is 5.57 Å². The maximum atomic E-state index is 11.9. The number of ether oxygens (including phenoxy) is 1. The van der Waals surface area contributed by atoms with Crippen molar-refractivity contribution in [3.8, 4) is 0 Å². The lowest BCUT2D eigenvalue weighted by Gasteiger charge is -2.21. The summed E-state index contributed by atoms with van der Waals surface area (Å²) in [4.78, 5) is 13.0. The van der Waals surface area contributed by atoms with Gasteiger partial charge in [0.05, 0.1) is 6.10 Å². The van der Waals surface area contributed by atoms with Crippen LogP contribution >= 0.6 is 11.3 Å². The number of thiophene rings is 1. The van der Waals surface area contributed by atoms with Crippen molar-refractivity contribution in [2.24, 2.45) is 0 Å². The summed E-state index contributed by atoms with van der Waals surface area (Å²) in [7, 11) is 0. The van der Waals surface area contributed by atoms with Gasteiger partial charge in [-0.25, -0.2) is 0 Å². The summed E-state index contributed by atoms with van der Waals surface area (Å²) in [6.45, 7) is 0.805. The lowest BCUT2D eigenvalue weighted by Crippen LogP contribution is -2.19. The Balaban J connectivity index is 2.07. The Kier molecular flexibility index (Phi) is 2.22. The van der Waals surface area contributed by atoms with Crippen molar-refractivity contribution in [2.75, 3.05) is 6.61 Å². The second-order valence-electron chi connectivity index (χ2n) is 3.97. The highest BCUT2D eigenvalue weighted by Gasteiger charge is 2.35. The zero-order valence-electron chi connectivity index (χ0n) is 8.36. The van der Waals surface area contributed by atoms with Crippen LogP contribution in [-0.4, -0.2) is 18.5 Å². The standard InChI is InChI=1S/C12H12O2S/c13-9-7-10-8(3-1-5-14-10)12(9)11-4-2-6-15-11/h2,4,6,10H,1,3,5,7H2. The summed E-state index contributed by atoms with van der Waals surface area (Å²) in [5.74, 6) is 0.263. The first-order valence-electron chi connectivity index (χ1n) is 5.28. The number of rotatable bonds is 1. The molecule has 1 aliphatic carbocycles. The average Bonchev–Trinajstić information content (AvgIpc) is 2.82. The molecule has 2 nitrogen and oxygen atoms in total. The van der Waals surface area contributed by atoms with E-state index in [1.807, 2.05) is 17.5 Å². The molecule has 3 heteroatoms. The van der Waals surface area contributed by atoms with Crippen molar-refractivity contribution in [3.63, 3.8) is 0 Å². The van der Waals surface area contributed by atoms with Crippen LogP contribution in [0.5, 0.6) is 0 Å². The van der Waals surface area contributed by atoms with Gasteiger partial charge in [-0.2, -0.15) is 0 Å². The van der Waals surface area contributed by atoms with Gasteiger partial charge in [-0.05, 0) is 29.9 Å². The maximum Gasteiger partial charge on any atom is 0.167 e. The molecule has 0 saturated carbocycles. The van der Waals surface area contributed by atoms with Crippen molar-refractivity contribution in [1.29, 1.82) is 0 Å². The second-order valence-corrected chi connectivity index (χ2v) is 4.92. The highest BCUT2D eigenvalue weighted by molar-refractivity contribution is 7.11. The minimum absolute atomic E-state index is 0.0864. The Labute approximate surface area is 92.6 Å². The smallest absolute Gasteiger partial charge is 0.167 e. The molecule has 0 spiro atoms. The molecule has 2 aliphatic rings. The molecule has 78 valence electrons. The molecule has 0 amide bonds. The Hall–Kier alpha value is -0.930. The van der Waals surface area contributed by atoms with Crippen LogP contribution in [0.4, 0.5) is 0 Å². The molecule has 1 fully saturated rings. The van der Waals surface area contributed by atoms with Gasteiger partial charge in [-0.1, -0.05) is 6.07 Å². The molecule has 2 heterocycles. The van der Waals surface area contributed by atoms with Crippen LogP contribution in [0.25, 0.3) is 5.57 Å². The molecular weight excluding hydrogens is 208 g/mol. The fourth-order valence-electron chi connectivity index (χ4n) is 2.38. The summed E-state index contributed by atoms with van der Waals surface area (Å²) in [6.07, 6.45) is 2.73. The van der Waals surface area contributed by atoms with E-state index in [2.05, 4.69) is 0 Å². The molecule has 1 aromatic heterocycles. The first kappa shape index (κ1) is 9.31. The number of fused-ring (bicyclic) bond motifs is 1. The van der Waals surface area contributed by atoms with Gasteiger partial charge in [0.2, 0.25) is 0 Å². The molecule has 3 rings (SSSR count). The minimum Gasteiger partial charge on any atom is -0.373 e. The third-order valence-corrected chi connectivity index (χ3v) is 3.92. The van der Waals surface area contributed by atoms with Crippen molar-refractivity contribution in [3.05, 3.63) is 28.0 Å². The van der Waals surface area contributed by atoms with Gasteiger partial charge in [0, 0.05) is 23.5 Å². The molecule has 1 atom stereocenters. The molecule has 1 saturated heterocycles. The number of hydrogen-bond donors (Lipinski definition) is 0. The third kappa shape index (κ3) is 1.46. The van der Waals surface area contributed by atoms with Crippen LogP contribution in [0.3, 0.4) is 0 Å². The number of allylic oxidation sites excluding steroid dienone is 1. The molecular formula is C12H12O2S. The summed E-state index contributed by atoms with van der Waals surface area (Å²) >= 11 is 1.65. The van der Waals surface area contributed by atoms with Gasteiger partial charge in [0.15, 0.2) is 5.78 Å². The molecule has 0 N–H and O–H groups in total. The van der Waals surface area contributed by atoms with Crippen LogP contribution in [0.1, 0.15) is 24.1 Å². The fraction of sp³-hybridized carbons (Fsp3) is 0.417. The van der Waals surface area contributed by atoms with Crippen LogP contribution in [-0.2, 0) is 9.53 Å². The largest absolute Gasteiger partial charge is 0.373 e. The van der Waals surface area contributed by atoms with Crippen LogP contribution in [0.2, 0.25) is 0 Å². The SMILES string of the molecule is O=C1CC2OCCCC2=C1c1cccs1. The molecule has 0 radical (unpaired) electrons. The maximum absolute atomic E-state index is 11.9. The van der Waals surface area contributed by atoms with Crippen LogP contribution in [0.15, 0.2) is 23.1 Å². The Bertz CT molecular complexity index is 417. The average molecular weight is 220 g/mol. The highest BCUT2D eigenvalue weighted by Crippen LogP contribution is 2.39. The summed E-state index contributed by atoms with van der Waals surface area (Å²) in [5, 5.41) is 2.02. The lowest BCUT2D eigenvalue weighted by molar-refractivity contribution is -0.114. The van der Waals surface area contributed by atoms with Gasteiger partial charge in [-0.15, -0.1) is 11.3 Å². The number of Topliss-reactive ketones (excluding diaryl/α,β-unsaturated/α-hetero) is 1. The zero-order chi connectivity index (χ0) is 10.3. The van der Waals surface area contributed by atoms with Gasteiger partial charge < -0.3 is 4.74 Å². The van der Waals surface area contributed by atoms with E-state index in [0.29, 0.717) is 6.42 Å². The van der Waals surface area contributed by atoms with Gasteiger partial charge in [-0.3, -0.25) is 4.79 Å². The van der Waals surface area contributed by atoms with Crippen LogP contribution in [0, 0.1) is 0 Å². The summed E-state index contributed by atoms with van der Waals surface area (Å²) in [5.41, 5.74) is 2.20. The van der Waals surface area contributed by atoms with E-state index in [0.717, 1.165) is 29.9 Å². The molecule has 1 aromatic rings. The van der Waals surface area contributed by atoms with Crippen LogP contribution < -0.4 is 0 Å². The minimum atomic E-state index is 0.0864.